The lowest BCUT2D eigenvalue weighted by Crippen LogP contribution is -2.14. The third-order valence-electron chi connectivity index (χ3n) is 3.35. The predicted octanol–water partition coefficient (Wildman–Crippen LogP) is 4.13. The van der Waals surface area contributed by atoms with Crippen LogP contribution in [0.15, 0.2) is 60.9 Å². The van der Waals surface area contributed by atoms with Crippen molar-refractivity contribution < 1.29 is 9.18 Å². The Morgan fingerprint density at radius 1 is 1.08 bits per heavy atom. The van der Waals surface area contributed by atoms with Gasteiger partial charge in [0.15, 0.2) is 0 Å². The molecule has 2 aromatic carbocycles. The summed E-state index contributed by atoms with van der Waals surface area (Å²) in [5.74, 6) is -0.342. The highest BCUT2D eigenvalue weighted by molar-refractivity contribution is 6.30. The molecular formula is C18H14ClFN4O. The summed E-state index contributed by atoms with van der Waals surface area (Å²) >= 11 is 5.84. The summed E-state index contributed by atoms with van der Waals surface area (Å²) in [7, 11) is 0. The molecule has 0 bridgehead atoms. The quantitative estimate of drug-likeness (QED) is 0.721. The Balaban J connectivity index is 1.59. The molecule has 1 amide bonds. The third-order valence-corrected chi connectivity index (χ3v) is 3.61. The first-order chi connectivity index (χ1) is 12.1. The zero-order chi connectivity index (χ0) is 17.6. The van der Waals surface area contributed by atoms with Gasteiger partial charge in [0.2, 0.25) is 0 Å². The van der Waals surface area contributed by atoms with Crippen molar-refractivity contribution in [3.05, 3.63) is 83.0 Å². The number of carbonyl (C=O) groups excluding carboxylic acids is 1. The second-order valence-corrected chi connectivity index (χ2v) is 5.67. The molecule has 2 N–H and O–H groups in total. The zero-order valence-corrected chi connectivity index (χ0v) is 13.8. The number of hydrogen-bond donors (Lipinski definition) is 2. The lowest BCUT2D eigenvalue weighted by atomic mass is 10.2. The molecule has 0 fully saturated rings. The minimum atomic E-state index is -0.456. The van der Waals surface area contributed by atoms with Gasteiger partial charge in [-0.05, 0) is 35.9 Å². The monoisotopic (exact) mass is 356 g/mol. The van der Waals surface area contributed by atoms with Crippen LogP contribution in [0.2, 0.25) is 5.02 Å². The van der Waals surface area contributed by atoms with Crippen molar-refractivity contribution in [3.8, 4) is 0 Å². The Kier molecular flexibility index (Phi) is 5.20. The first-order valence-electron chi connectivity index (χ1n) is 7.47. The number of nitrogens with one attached hydrogen (secondary N) is 2. The number of anilines is 2. The van der Waals surface area contributed by atoms with Gasteiger partial charge in [-0.2, -0.15) is 0 Å². The summed E-state index contributed by atoms with van der Waals surface area (Å²) in [4.78, 5) is 20.3. The van der Waals surface area contributed by atoms with Crippen LogP contribution in [0.5, 0.6) is 0 Å². The highest BCUT2D eigenvalue weighted by Crippen LogP contribution is 2.12. The van der Waals surface area contributed by atoms with Gasteiger partial charge in [-0.3, -0.25) is 4.79 Å². The van der Waals surface area contributed by atoms with Crippen molar-refractivity contribution in [2.75, 3.05) is 10.6 Å². The number of aromatic nitrogens is 2. The number of carbonyl (C=O) groups is 1. The van der Waals surface area contributed by atoms with E-state index < -0.39 is 11.7 Å². The molecule has 0 radical (unpaired) electrons. The van der Waals surface area contributed by atoms with Gasteiger partial charge in [0.1, 0.15) is 17.3 Å². The van der Waals surface area contributed by atoms with Crippen molar-refractivity contribution >= 4 is 29.0 Å². The van der Waals surface area contributed by atoms with Gasteiger partial charge in [-0.25, -0.2) is 14.4 Å². The van der Waals surface area contributed by atoms with Crippen molar-refractivity contribution in [1.82, 2.24) is 9.97 Å². The number of benzene rings is 2. The minimum Gasteiger partial charge on any atom is -0.365 e. The summed E-state index contributed by atoms with van der Waals surface area (Å²) in [5, 5.41) is 6.35. The second-order valence-electron chi connectivity index (χ2n) is 5.23. The molecule has 0 spiro atoms. The number of hydrogen-bond acceptors (Lipinski definition) is 4. The molecule has 1 heterocycles. The molecule has 0 aliphatic heterocycles. The molecule has 3 aromatic rings. The van der Waals surface area contributed by atoms with E-state index in [1.54, 1.807) is 6.07 Å². The van der Waals surface area contributed by atoms with E-state index in [0.717, 1.165) is 5.56 Å². The van der Waals surface area contributed by atoms with Crippen molar-refractivity contribution in [1.29, 1.82) is 0 Å². The standard InChI is InChI=1S/C18H14ClFN4O/c19-13-6-4-12(5-7-13)9-22-17-11-21-16(10-23-17)18(25)24-15-3-1-2-14(20)8-15/h1-8,10-11H,9H2,(H,22,23)(H,24,25). The minimum absolute atomic E-state index is 0.140. The predicted molar refractivity (Wildman–Crippen MR) is 95.2 cm³/mol. The molecule has 126 valence electrons. The maximum atomic E-state index is 13.1. The van der Waals surface area contributed by atoms with Crippen molar-refractivity contribution in [2.45, 2.75) is 6.54 Å². The van der Waals surface area contributed by atoms with E-state index in [-0.39, 0.29) is 5.69 Å². The van der Waals surface area contributed by atoms with Crippen LogP contribution < -0.4 is 10.6 Å². The smallest absolute Gasteiger partial charge is 0.275 e. The van der Waals surface area contributed by atoms with Crippen LogP contribution in [-0.4, -0.2) is 15.9 Å². The lowest BCUT2D eigenvalue weighted by Gasteiger charge is -2.07. The van der Waals surface area contributed by atoms with Crippen LogP contribution in [0.25, 0.3) is 0 Å². The average molecular weight is 357 g/mol. The second kappa shape index (κ2) is 7.72. The molecule has 1 aromatic heterocycles. The Labute approximate surface area is 148 Å². The molecule has 25 heavy (non-hydrogen) atoms. The molecule has 0 atom stereocenters. The number of rotatable bonds is 5. The third kappa shape index (κ3) is 4.74. The summed E-state index contributed by atoms with van der Waals surface area (Å²) in [5.41, 5.74) is 1.54. The van der Waals surface area contributed by atoms with Crippen LogP contribution in [0.1, 0.15) is 16.1 Å². The van der Waals surface area contributed by atoms with Gasteiger partial charge in [0.05, 0.1) is 12.4 Å². The normalized spacial score (nSPS) is 10.3. The van der Waals surface area contributed by atoms with Crippen LogP contribution in [0, 0.1) is 5.82 Å². The van der Waals surface area contributed by atoms with E-state index in [0.29, 0.717) is 23.1 Å². The van der Waals surface area contributed by atoms with Gasteiger partial charge in [0.25, 0.3) is 5.91 Å². The van der Waals surface area contributed by atoms with Crippen LogP contribution in [0.4, 0.5) is 15.9 Å². The topological polar surface area (TPSA) is 66.9 Å². The number of halogens is 2. The van der Waals surface area contributed by atoms with Crippen LogP contribution in [0.3, 0.4) is 0 Å². The van der Waals surface area contributed by atoms with Crippen LogP contribution >= 0.6 is 11.6 Å². The first kappa shape index (κ1) is 16.9. The van der Waals surface area contributed by atoms with Gasteiger partial charge < -0.3 is 10.6 Å². The summed E-state index contributed by atoms with van der Waals surface area (Å²) < 4.78 is 13.1. The van der Waals surface area contributed by atoms with Gasteiger partial charge in [-0.1, -0.05) is 29.8 Å². The van der Waals surface area contributed by atoms with E-state index >= 15 is 0 Å². The van der Waals surface area contributed by atoms with Gasteiger partial charge >= 0.3 is 0 Å². The highest BCUT2D eigenvalue weighted by atomic mass is 35.5. The highest BCUT2D eigenvalue weighted by Gasteiger charge is 2.09. The first-order valence-corrected chi connectivity index (χ1v) is 7.85. The van der Waals surface area contributed by atoms with Crippen LogP contribution in [-0.2, 0) is 6.54 Å². The zero-order valence-electron chi connectivity index (χ0n) is 13.0. The molecular weight excluding hydrogens is 343 g/mol. The molecule has 7 heteroatoms. The largest absolute Gasteiger partial charge is 0.365 e. The lowest BCUT2D eigenvalue weighted by molar-refractivity contribution is 0.102. The Bertz CT molecular complexity index is 869. The fourth-order valence-corrected chi connectivity index (χ4v) is 2.22. The molecule has 0 aliphatic carbocycles. The van der Waals surface area contributed by atoms with Gasteiger partial charge in [0, 0.05) is 17.3 Å². The molecule has 3 rings (SSSR count). The van der Waals surface area contributed by atoms with E-state index in [9.17, 15) is 9.18 Å². The maximum Gasteiger partial charge on any atom is 0.275 e. The molecule has 5 nitrogen and oxygen atoms in total. The number of amides is 1. The average Bonchev–Trinajstić information content (AvgIpc) is 2.62. The summed E-state index contributed by atoms with van der Waals surface area (Å²) in [6.45, 7) is 0.556. The fourth-order valence-electron chi connectivity index (χ4n) is 2.09. The van der Waals surface area contributed by atoms with E-state index in [1.807, 2.05) is 24.3 Å². The van der Waals surface area contributed by atoms with E-state index in [2.05, 4.69) is 20.6 Å². The van der Waals surface area contributed by atoms with Crippen molar-refractivity contribution in [3.63, 3.8) is 0 Å². The Morgan fingerprint density at radius 3 is 2.56 bits per heavy atom. The Hall–Kier alpha value is -2.99. The molecule has 0 saturated heterocycles. The maximum absolute atomic E-state index is 13.1. The molecule has 0 aliphatic rings. The fraction of sp³-hybridized carbons (Fsp3) is 0.0556. The van der Waals surface area contributed by atoms with Crippen molar-refractivity contribution in [2.24, 2.45) is 0 Å². The van der Waals surface area contributed by atoms with E-state index in [4.69, 9.17) is 11.6 Å². The molecule has 0 unspecified atom stereocenters. The summed E-state index contributed by atoms with van der Waals surface area (Å²) in [6.07, 6.45) is 2.83. The SMILES string of the molecule is O=C(Nc1cccc(F)c1)c1cnc(NCc2ccc(Cl)cc2)cn1. The number of nitrogens with zero attached hydrogens (tertiary/aromatic N) is 2. The summed E-state index contributed by atoms with van der Waals surface area (Å²) in [6, 6.07) is 13.1. The molecule has 0 saturated carbocycles. The van der Waals surface area contributed by atoms with Gasteiger partial charge in [-0.15, -0.1) is 0 Å². The Morgan fingerprint density at radius 2 is 1.88 bits per heavy atom. The van der Waals surface area contributed by atoms with E-state index in [1.165, 1.54) is 30.6 Å².